The van der Waals surface area contributed by atoms with E-state index in [1.54, 1.807) is 26.8 Å². The summed E-state index contributed by atoms with van der Waals surface area (Å²) in [6.45, 7) is 7.19. The molecule has 1 aliphatic carbocycles. The Hall–Kier alpha value is -1.88. The van der Waals surface area contributed by atoms with Gasteiger partial charge in [-0.25, -0.2) is 9.59 Å². The van der Waals surface area contributed by atoms with Crippen LogP contribution in [0.4, 0.5) is 0 Å². The highest BCUT2D eigenvalue weighted by Crippen LogP contribution is 2.37. The van der Waals surface area contributed by atoms with Gasteiger partial charge in [-0.3, -0.25) is 0 Å². The van der Waals surface area contributed by atoms with Crippen molar-refractivity contribution in [2.24, 2.45) is 5.41 Å². The highest BCUT2D eigenvalue weighted by atomic mass is 16.5. The van der Waals surface area contributed by atoms with Gasteiger partial charge >= 0.3 is 11.9 Å². The van der Waals surface area contributed by atoms with Crippen molar-refractivity contribution >= 4 is 11.9 Å². The normalized spacial score (nSPS) is 15.7. The molecule has 0 unspecified atom stereocenters. The quantitative estimate of drug-likeness (QED) is 0.740. The van der Waals surface area contributed by atoms with Gasteiger partial charge in [0.25, 0.3) is 0 Å². The van der Waals surface area contributed by atoms with Gasteiger partial charge in [-0.2, -0.15) is 0 Å². The Kier molecular flexibility index (Phi) is 6.45. The maximum atomic E-state index is 12.7. The number of benzene rings is 1. The van der Waals surface area contributed by atoms with E-state index in [-0.39, 0.29) is 24.3 Å². The molecule has 0 aliphatic heterocycles. The second-order valence-electron chi connectivity index (χ2n) is 8.18. The van der Waals surface area contributed by atoms with E-state index in [4.69, 9.17) is 4.74 Å². The zero-order chi connectivity index (χ0) is 19.5. The monoisotopic (exact) mass is 362 g/mol. The highest BCUT2D eigenvalue weighted by Gasteiger charge is 2.28. The fraction of sp³-hybridized carbons (Fsp3) is 0.619. The Balaban J connectivity index is 2.43. The summed E-state index contributed by atoms with van der Waals surface area (Å²) in [4.78, 5) is 24.5. The fourth-order valence-electron chi connectivity index (χ4n) is 3.60. The topological polar surface area (TPSA) is 83.8 Å². The molecule has 2 N–H and O–H groups in total. The summed E-state index contributed by atoms with van der Waals surface area (Å²) in [7, 11) is 0. The number of aromatic carboxylic acids is 1. The first-order valence-corrected chi connectivity index (χ1v) is 9.33. The third-order valence-electron chi connectivity index (χ3n) is 5.44. The SMILES string of the molecule is Cc1c(C2CCCCC2)cc(C(=O)OCC(C)(C)CO)c(C(=O)O)c1C. The molecule has 0 amide bonds. The summed E-state index contributed by atoms with van der Waals surface area (Å²) in [5.41, 5.74) is 2.24. The van der Waals surface area contributed by atoms with Gasteiger partial charge in [0, 0.05) is 5.41 Å². The summed E-state index contributed by atoms with van der Waals surface area (Å²) in [6, 6.07) is 1.73. The summed E-state index contributed by atoms with van der Waals surface area (Å²) in [6.07, 6.45) is 5.69. The van der Waals surface area contributed by atoms with Crippen LogP contribution >= 0.6 is 0 Å². The minimum atomic E-state index is -1.12. The Morgan fingerprint density at radius 2 is 1.77 bits per heavy atom. The standard InChI is InChI=1S/C21H30O5/c1-13-14(2)18(19(23)24)17(20(25)26-12-21(3,4)11-22)10-16(13)15-8-6-5-7-9-15/h10,15,22H,5-9,11-12H2,1-4H3,(H,23,24). The number of aliphatic hydroxyl groups is 1. The van der Waals surface area contributed by atoms with E-state index in [1.165, 1.54) is 6.42 Å². The van der Waals surface area contributed by atoms with Gasteiger partial charge in [0.15, 0.2) is 0 Å². The molecule has 1 aliphatic rings. The number of esters is 1. The first-order valence-electron chi connectivity index (χ1n) is 9.33. The highest BCUT2D eigenvalue weighted by molar-refractivity contribution is 6.04. The fourth-order valence-corrected chi connectivity index (χ4v) is 3.60. The molecule has 1 aromatic rings. The number of hydrogen-bond donors (Lipinski definition) is 2. The zero-order valence-corrected chi connectivity index (χ0v) is 16.2. The number of hydrogen-bond acceptors (Lipinski definition) is 4. The molecule has 0 atom stereocenters. The van der Waals surface area contributed by atoms with E-state index >= 15 is 0 Å². The van der Waals surface area contributed by atoms with Crippen molar-refractivity contribution in [1.82, 2.24) is 0 Å². The second kappa shape index (κ2) is 8.21. The first kappa shape index (κ1) is 20.4. The average molecular weight is 362 g/mol. The van der Waals surface area contributed by atoms with Crippen molar-refractivity contribution in [3.05, 3.63) is 33.9 Å². The van der Waals surface area contributed by atoms with E-state index in [0.717, 1.165) is 36.8 Å². The van der Waals surface area contributed by atoms with Crippen molar-refractivity contribution in [1.29, 1.82) is 0 Å². The Bertz CT molecular complexity index is 684. The lowest BCUT2D eigenvalue weighted by Crippen LogP contribution is -2.26. The van der Waals surface area contributed by atoms with Crippen LogP contribution in [0.25, 0.3) is 0 Å². The maximum Gasteiger partial charge on any atom is 0.339 e. The minimum Gasteiger partial charge on any atom is -0.478 e. The zero-order valence-electron chi connectivity index (χ0n) is 16.2. The minimum absolute atomic E-state index is 0.0221. The van der Waals surface area contributed by atoms with E-state index in [1.807, 2.05) is 6.92 Å². The predicted octanol–water partition coefficient (Wildman–Crippen LogP) is 4.22. The second-order valence-corrected chi connectivity index (χ2v) is 8.18. The van der Waals surface area contributed by atoms with Gasteiger partial charge in [-0.15, -0.1) is 0 Å². The Morgan fingerprint density at radius 1 is 1.15 bits per heavy atom. The number of carboxylic acid groups (broad SMARTS) is 1. The molecule has 0 radical (unpaired) electrons. The largest absolute Gasteiger partial charge is 0.478 e. The molecule has 1 fully saturated rings. The molecule has 1 saturated carbocycles. The van der Waals surface area contributed by atoms with Crippen LogP contribution in [-0.2, 0) is 4.74 Å². The van der Waals surface area contributed by atoms with Crippen molar-refractivity contribution in [2.45, 2.75) is 65.7 Å². The summed E-state index contributed by atoms with van der Waals surface area (Å²) < 4.78 is 5.35. The summed E-state index contributed by atoms with van der Waals surface area (Å²) >= 11 is 0. The van der Waals surface area contributed by atoms with Crippen LogP contribution in [-0.4, -0.2) is 35.4 Å². The van der Waals surface area contributed by atoms with Crippen LogP contribution in [0.3, 0.4) is 0 Å². The number of carbonyl (C=O) groups excluding carboxylic acids is 1. The Morgan fingerprint density at radius 3 is 2.31 bits per heavy atom. The first-order chi connectivity index (χ1) is 12.2. The molecule has 0 bridgehead atoms. The average Bonchev–Trinajstić information content (AvgIpc) is 2.62. The maximum absolute atomic E-state index is 12.7. The molecular weight excluding hydrogens is 332 g/mol. The van der Waals surface area contributed by atoms with E-state index in [2.05, 4.69) is 0 Å². The Labute approximate surface area is 155 Å². The van der Waals surface area contributed by atoms with Crippen LogP contribution < -0.4 is 0 Å². The number of carbonyl (C=O) groups is 2. The van der Waals surface area contributed by atoms with Gasteiger partial charge in [0.1, 0.15) is 0 Å². The summed E-state index contributed by atoms with van der Waals surface area (Å²) in [5.74, 6) is -1.39. The molecule has 0 spiro atoms. The van der Waals surface area contributed by atoms with Crippen molar-refractivity contribution < 1.29 is 24.5 Å². The lowest BCUT2D eigenvalue weighted by Gasteiger charge is -2.26. The van der Waals surface area contributed by atoms with E-state index in [0.29, 0.717) is 11.5 Å². The number of carboxylic acids is 1. The van der Waals surface area contributed by atoms with Crippen molar-refractivity contribution in [3.63, 3.8) is 0 Å². The van der Waals surface area contributed by atoms with Gasteiger partial charge in [-0.1, -0.05) is 33.1 Å². The predicted molar refractivity (Wildman–Crippen MR) is 99.9 cm³/mol. The van der Waals surface area contributed by atoms with Gasteiger partial charge in [0.05, 0.1) is 24.3 Å². The molecule has 0 heterocycles. The van der Waals surface area contributed by atoms with Gasteiger partial charge < -0.3 is 14.9 Å². The molecule has 0 saturated heterocycles. The number of ether oxygens (including phenoxy) is 1. The molecule has 5 heteroatoms. The van der Waals surface area contributed by atoms with Crippen LogP contribution in [0.1, 0.15) is 89.3 Å². The van der Waals surface area contributed by atoms with Gasteiger partial charge in [-0.05, 0) is 55.4 Å². The van der Waals surface area contributed by atoms with Crippen molar-refractivity contribution in [2.75, 3.05) is 13.2 Å². The molecule has 26 heavy (non-hydrogen) atoms. The third kappa shape index (κ3) is 4.44. The smallest absolute Gasteiger partial charge is 0.339 e. The van der Waals surface area contributed by atoms with E-state index < -0.39 is 17.4 Å². The van der Waals surface area contributed by atoms with Crippen LogP contribution in [0.15, 0.2) is 6.07 Å². The molecule has 0 aromatic heterocycles. The molecular formula is C21H30O5. The van der Waals surface area contributed by atoms with Gasteiger partial charge in [0.2, 0.25) is 0 Å². The third-order valence-corrected chi connectivity index (χ3v) is 5.44. The molecule has 2 rings (SSSR count). The van der Waals surface area contributed by atoms with E-state index in [9.17, 15) is 19.8 Å². The lowest BCUT2D eigenvalue weighted by molar-refractivity contribution is 0.0214. The van der Waals surface area contributed by atoms with Crippen molar-refractivity contribution in [3.8, 4) is 0 Å². The van der Waals surface area contributed by atoms with Crippen LogP contribution in [0.2, 0.25) is 0 Å². The number of aliphatic hydroxyl groups excluding tert-OH is 1. The summed E-state index contributed by atoms with van der Waals surface area (Å²) in [5, 5.41) is 19.0. The van der Waals surface area contributed by atoms with Crippen LogP contribution in [0, 0.1) is 19.3 Å². The van der Waals surface area contributed by atoms with Crippen LogP contribution in [0.5, 0.6) is 0 Å². The number of rotatable bonds is 6. The molecule has 144 valence electrons. The molecule has 5 nitrogen and oxygen atoms in total. The lowest BCUT2D eigenvalue weighted by atomic mass is 9.79. The molecule has 1 aromatic carbocycles.